The van der Waals surface area contributed by atoms with Gasteiger partial charge in [0.1, 0.15) is 0 Å². The number of rotatable bonds is 17. The van der Waals surface area contributed by atoms with Crippen LogP contribution in [0.2, 0.25) is 0 Å². The molecule has 0 bridgehead atoms. The van der Waals surface area contributed by atoms with Crippen LogP contribution >= 0.6 is 0 Å². The number of unbranched alkanes of at least 4 members (excludes halogenated alkanes) is 11. The number of carboxylic acid groups (broad SMARTS) is 2. The number of hydrogen-bond acceptors (Lipinski definition) is 3. The van der Waals surface area contributed by atoms with Crippen LogP contribution in [-0.2, 0) is 9.59 Å². The molecule has 2 N–H and O–H groups in total. The van der Waals surface area contributed by atoms with E-state index >= 15 is 0 Å². The second-order valence-electron chi connectivity index (χ2n) is 6.39. The zero-order valence-electron chi connectivity index (χ0n) is 15.8. The number of carbonyl (C=O) groups is 2. The van der Waals surface area contributed by atoms with E-state index in [0.29, 0.717) is 6.54 Å². The summed E-state index contributed by atoms with van der Waals surface area (Å²) in [6, 6.07) is 0. The molecule has 0 spiro atoms. The molecule has 0 fully saturated rings. The summed E-state index contributed by atoms with van der Waals surface area (Å²) >= 11 is 0. The minimum Gasteiger partial charge on any atom is -0.480 e. The molecule has 0 aromatic rings. The second kappa shape index (κ2) is 19.2. The molecule has 0 amide bonds. The first kappa shape index (κ1) is 26.1. The summed E-state index contributed by atoms with van der Waals surface area (Å²) in [6.07, 6.45) is 15.0. The molecule has 0 heterocycles. The van der Waals surface area contributed by atoms with Crippen molar-refractivity contribution >= 4 is 41.5 Å². The summed E-state index contributed by atoms with van der Waals surface area (Å²) in [6.45, 7) is 2.41. The van der Waals surface area contributed by atoms with Gasteiger partial charge in [0.25, 0.3) is 0 Å². The van der Waals surface area contributed by atoms with Gasteiger partial charge in [-0.3, -0.25) is 14.5 Å². The minimum absolute atomic E-state index is 0. The SMILES string of the molecule is CCCCCCCCCCCCCCN(CC(=O)O)CC(=O)O.[Na]. The van der Waals surface area contributed by atoms with E-state index in [1.54, 1.807) is 0 Å². The molecule has 1 radical (unpaired) electrons. The van der Waals surface area contributed by atoms with Gasteiger partial charge >= 0.3 is 11.9 Å². The van der Waals surface area contributed by atoms with E-state index in [1.807, 2.05) is 0 Å². The first-order chi connectivity index (χ1) is 11.1. The second-order valence-corrected chi connectivity index (χ2v) is 6.39. The summed E-state index contributed by atoms with van der Waals surface area (Å²) < 4.78 is 0. The van der Waals surface area contributed by atoms with Crippen LogP contribution < -0.4 is 0 Å². The predicted molar refractivity (Wildman–Crippen MR) is 98.5 cm³/mol. The van der Waals surface area contributed by atoms with Crippen LogP contribution in [0, 0.1) is 0 Å². The third-order valence-electron chi connectivity index (χ3n) is 4.05. The van der Waals surface area contributed by atoms with Crippen molar-refractivity contribution in [3.05, 3.63) is 0 Å². The van der Waals surface area contributed by atoms with Gasteiger partial charge in [0.2, 0.25) is 0 Å². The van der Waals surface area contributed by atoms with Crippen molar-refractivity contribution in [3.8, 4) is 0 Å². The maximum absolute atomic E-state index is 10.7. The third-order valence-corrected chi connectivity index (χ3v) is 4.05. The Morgan fingerprint density at radius 1 is 0.667 bits per heavy atom. The van der Waals surface area contributed by atoms with Crippen LogP contribution in [0.25, 0.3) is 0 Å². The molecule has 0 aliphatic heterocycles. The Hall–Kier alpha value is -0.100. The number of aliphatic carboxylic acids is 2. The molecule has 6 heteroatoms. The Morgan fingerprint density at radius 3 is 1.33 bits per heavy atom. The molecule has 0 saturated heterocycles. The van der Waals surface area contributed by atoms with Gasteiger partial charge < -0.3 is 10.2 Å². The number of hydrogen-bond donors (Lipinski definition) is 2. The van der Waals surface area contributed by atoms with Gasteiger partial charge in [-0.2, -0.15) is 0 Å². The zero-order chi connectivity index (χ0) is 17.3. The topological polar surface area (TPSA) is 77.8 Å². The van der Waals surface area contributed by atoms with Gasteiger partial charge in [0.05, 0.1) is 13.1 Å². The normalized spacial score (nSPS) is 10.6. The fourth-order valence-corrected chi connectivity index (χ4v) is 2.77. The monoisotopic (exact) mass is 352 g/mol. The Kier molecular flexibility index (Phi) is 20.9. The van der Waals surface area contributed by atoms with Crippen molar-refractivity contribution < 1.29 is 19.8 Å². The van der Waals surface area contributed by atoms with Crippen molar-refractivity contribution in [2.45, 2.75) is 84.0 Å². The molecule has 24 heavy (non-hydrogen) atoms. The smallest absolute Gasteiger partial charge is 0.317 e. The predicted octanol–water partition coefficient (Wildman–Crippen LogP) is 3.78. The van der Waals surface area contributed by atoms with Gasteiger partial charge in [0, 0.05) is 29.6 Å². The first-order valence-electron chi connectivity index (χ1n) is 9.22. The van der Waals surface area contributed by atoms with Crippen LogP contribution in [-0.4, -0.2) is 76.2 Å². The van der Waals surface area contributed by atoms with Crippen molar-refractivity contribution in [3.63, 3.8) is 0 Å². The van der Waals surface area contributed by atoms with Crippen LogP contribution in [0.15, 0.2) is 0 Å². The van der Waals surface area contributed by atoms with Gasteiger partial charge in [-0.1, -0.05) is 77.6 Å². The van der Waals surface area contributed by atoms with Crippen molar-refractivity contribution in [2.24, 2.45) is 0 Å². The maximum Gasteiger partial charge on any atom is 0.317 e. The summed E-state index contributed by atoms with van der Waals surface area (Å²) in [5.74, 6) is -1.93. The molecule has 0 aliphatic rings. The number of nitrogens with zero attached hydrogens (tertiary/aromatic N) is 1. The quantitative estimate of drug-likeness (QED) is 0.308. The largest absolute Gasteiger partial charge is 0.480 e. The average molecular weight is 352 g/mol. The first-order valence-corrected chi connectivity index (χ1v) is 9.22. The molecule has 137 valence electrons. The summed E-state index contributed by atoms with van der Waals surface area (Å²) in [7, 11) is 0. The number of carboxylic acids is 2. The van der Waals surface area contributed by atoms with Crippen LogP contribution in [0.5, 0.6) is 0 Å². The van der Waals surface area contributed by atoms with E-state index in [-0.39, 0.29) is 42.6 Å². The van der Waals surface area contributed by atoms with Crippen LogP contribution in [0.1, 0.15) is 84.0 Å². The Morgan fingerprint density at radius 2 is 1.00 bits per heavy atom. The summed E-state index contributed by atoms with van der Waals surface area (Å²) in [4.78, 5) is 22.8. The van der Waals surface area contributed by atoms with Crippen LogP contribution in [0.4, 0.5) is 0 Å². The van der Waals surface area contributed by atoms with E-state index in [0.717, 1.165) is 19.3 Å². The third kappa shape index (κ3) is 19.9. The summed E-state index contributed by atoms with van der Waals surface area (Å²) in [5.41, 5.74) is 0. The standard InChI is InChI=1S/C18H35NO4.Na/c1-2-3-4-5-6-7-8-9-10-11-12-13-14-19(15-17(20)21)16-18(22)23;/h2-16H2,1H3,(H,20,21)(H,22,23);. The molecular formula is C18H35NNaO4. The van der Waals surface area contributed by atoms with Crippen molar-refractivity contribution in [2.75, 3.05) is 19.6 Å². The molecule has 0 aromatic carbocycles. The molecule has 0 aromatic heterocycles. The van der Waals surface area contributed by atoms with Crippen LogP contribution in [0.3, 0.4) is 0 Å². The fourth-order valence-electron chi connectivity index (χ4n) is 2.77. The maximum atomic E-state index is 10.7. The summed E-state index contributed by atoms with van der Waals surface area (Å²) in [5, 5.41) is 17.5. The molecule has 0 rings (SSSR count). The van der Waals surface area contributed by atoms with Gasteiger partial charge in [0.15, 0.2) is 0 Å². The van der Waals surface area contributed by atoms with E-state index in [2.05, 4.69) is 6.92 Å². The average Bonchev–Trinajstić information content (AvgIpc) is 2.47. The van der Waals surface area contributed by atoms with E-state index in [1.165, 1.54) is 62.7 Å². The molecule has 0 saturated carbocycles. The molecule has 0 atom stereocenters. The minimum atomic E-state index is -0.967. The molecule has 0 unspecified atom stereocenters. The van der Waals surface area contributed by atoms with Crippen molar-refractivity contribution in [1.29, 1.82) is 0 Å². The molecule has 0 aliphatic carbocycles. The van der Waals surface area contributed by atoms with Gasteiger partial charge in [-0.15, -0.1) is 0 Å². The molecular weight excluding hydrogens is 317 g/mol. The van der Waals surface area contributed by atoms with Crippen molar-refractivity contribution in [1.82, 2.24) is 4.90 Å². The zero-order valence-corrected chi connectivity index (χ0v) is 17.8. The molecule has 5 nitrogen and oxygen atoms in total. The fraction of sp³-hybridized carbons (Fsp3) is 0.889. The Labute approximate surface area is 169 Å². The Balaban J connectivity index is 0. The van der Waals surface area contributed by atoms with E-state index in [9.17, 15) is 9.59 Å². The van der Waals surface area contributed by atoms with Gasteiger partial charge in [-0.05, 0) is 13.0 Å². The Bertz CT molecular complexity index is 297. The van der Waals surface area contributed by atoms with E-state index in [4.69, 9.17) is 10.2 Å². The van der Waals surface area contributed by atoms with E-state index < -0.39 is 11.9 Å². The van der Waals surface area contributed by atoms with Gasteiger partial charge in [-0.25, -0.2) is 0 Å².